The van der Waals surface area contributed by atoms with E-state index in [4.69, 9.17) is 43.6 Å². The van der Waals surface area contributed by atoms with Gasteiger partial charge >= 0.3 is 30.0 Å². The number of benzene rings is 2. The molecular formula is C47H60N2O15. The van der Waals surface area contributed by atoms with Crippen LogP contribution >= 0.6 is 0 Å². The van der Waals surface area contributed by atoms with Crippen molar-refractivity contribution in [3.63, 3.8) is 0 Å². The Hall–Kier alpha value is -5.20. The van der Waals surface area contributed by atoms with Gasteiger partial charge in [-0.3, -0.25) is 14.4 Å². The highest BCUT2D eigenvalue weighted by atomic mass is 16.6. The van der Waals surface area contributed by atoms with Crippen molar-refractivity contribution >= 4 is 35.8 Å². The van der Waals surface area contributed by atoms with Crippen LogP contribution in [0.25, 0.3) is 0 Å². The zero-order chi connectivity index (χ0) is 47.2. The lowest BCUT2D eigenvalue weighted by Gasteiger charge is -2.67. The number of nitrogens with two attached hydrogens (primary N) is 1. The van der Waals surface area contributed by atoms with E-state index in [0.717, 1.165) is 0 Å². The third kappa shape index (κ3) is 8.43. The standard InChI is InChI=1S/C47H60N2O15/c1-25-29(60-41(54)36(61-32(51)23-48)34(27-17-13-11-14-18-27)49-42(55)64-43(3,4)5)22-47(56)39(62-40(53)28-19-15-12-16-20-28)37-45(8,38(52)35(58-10)33(25)44(47,6)7)30(57-9)21-31-46(37,24-59-31)63-26(2)50/h11-20,29-31,34-37,39,56H,21-24,48H2,1-10H3,(H,49,55)/t29-,30-,31+,34-,35+,36+,37-,39-,45+,46-,47+/m0/s1. The topological polar surface area (TPSA) is 235 Å². The number of ketones is 1. The largest absolute Gasteiger partial charge is 0.455 e. The number of alkyl carbamates (subject to hydrolysis) is 1. The van der Waals surface area contributed by atoms with Crippen LogP contribution in [-0.4, -0.2) is 122 Å². The molecule has 2 bridgehead atoms. The number of hydrogen-bond acceptors (Lipinski definition) is 16. The Kier molecular flexibility index (Phi) is 13.6. The fourth-order valence-electron chi connectivity index (χ4n) is 10.4. The molecule has 3 fully saturated rings. The number of Topliss-reactive ketones (excluding diaryl/α,β-unsaturated/α-hetero) is 1. The van der Waals surface area contributed by atoms with Crippen LogP contribution in [0.2, 0.25) is 0 Å². The lowest BCUT2D eigenvalue weighted by Crippen LogP contribution is -2.82. The number of ether oxygens (including phenoxy) is 8. The second kappa shape index (κ2) is 18.0. The van der Waals surface area contributed by atoms with Gasteiger partial charge in [-0.05, 0) is 63.5 Å². The first-order valence-corrected chi connectivity index (χ1v) is 21.3. The molecule has 64 heavy (non-hydrogen) atoms. The number of carbonyl (C=O) groups is 6. The molecule has 0 aromatic heterocycles. The van der Waals surface area contributed by atoms with Crippen molar-refractivity contribution in [2.24, 2.45) is 22.5 Å². The average Bonchev–Trinajstić information content (AvgIpc) is 3.23. The van der Waals surface area contributed by atoms with Crippen molar-refractivity contribution in [3.8, 4) is 0 Å². The predicted octanol–water partition coefficient (Wildman–Crippen LogP) is 4.08. The summed E-state index contributed by atoms with van der Waals surface area (Å²) in [6, 6.07) is 14.9. The Balaban J connectivity index is 1.56. The van der Waals surface area contributed by atoms with E-state index in [-0.39, 0.29) is 24.2 Å². The van der Waals surface area contributed by atoms with Gasteiger partial charge in [0, 0.05) is 39.4 Å². The Labute approximate surface area is 372 Å². The molecular weight excluding hydrogens is 833 g/mol. The SMILES string of the molecule is CO[C@H]1C(=O)[C@]2(C)[C@@H](OC)C[C@H]3OC[C@@]3(OC(C)=O)[C@H]2[C@H](OC(=O)c2ccccc2)[C@]2(O)C[C@H](OC(=O)[C@H](OC(=O)CN)[C@@H](NC(=O)OC(C)(C)C)c3ccccc3)C(C)=C1C2(C)C. The van der Waals surface area contributed by atoms with Crippen molar-refractivity contribution in [1.82, 2.24) is 5.32 Å². The number of nitrogens with one attached hydrogen (secondary N) is 1. The highest BCUT2D eigenvalue weighted by Gasteiger charge is 2.78. The summed E-state index contributed by atoms with van der Waals surface area (Å²) in [5, 5.41) is 16.5. The van der Waals surface area contributed by atoms with Crippen molar-refractivity contribution in [3.05, 3.63) is 82.9 Å². The number of amides is 1. The summed E-state index contributed by atoms with van der Waals surface area (Å²) in [5.41, 5.74) is -1.42. The van der Waals surface area contributed by atoms with E-state index in [1.54, 1.807) is 97.0 Å². The molecule has 1 aliphatic heterocycles. The van der Waals surface area contributed by atoms with Gasteiger partial charge in [0.15, 0.2) is 11.4 Å². The van der Waals surface area contributed by atoms with E-state index in [9.17, 15) is 29.1 Å². The van der Waals surface area contributed by atoms with Gasteiger partial charge in [-0.2, -0.15) is 0 Å². The van der Waals surface area contributed by atoms with E-state index in [1.807, 2.05) is 0 Å². The fraction of sp³-hybridized carbons (Fsp3) is 0.574. The number of rotatable bonds is 12. The van der Waals surface area contributed by atoms with Crippen LogP contribution in [0.3, 0.4) is 0 Å². The summed E-state index contributed by atoms with van der Waals surface area (Å²) in [4.78, 5) is 84.3. The molecule has 1 saturated heterocycles. The highest BCUT2D eigenvalue weighted by molar-refractivity contribution is 5.94. The zero-order valence-corrected chi connectivity index (χ0v) is 38.0. The quantitative estimate of drug-likeness (QED) is 0.155. The Morgan fingerprint density at radius 2 is 1.58 bits per heavy atom. The molecule has 17 heteroatoms. The summed E-state index contributed by atoms with van der Waals surface area (Å²) < 4.78 is 48.4. The van der Waals surface area contributed by atoms with Crippen LogP contribution in [0.5, 0.6) is 0 Å². The third-order valence-corrected chi connectivity index (χ3v) is 13.4. The van der Waals surface area contributed by atoms with Crippen molar-refractivity contribution in [1.29, 1.82) is 0 Å². The van der Waals surface area contributed by atoms with Crippen LogP contribution in [0.4, 0.5) is 4.79 Å². The highest BCUT2D eigenvalue weighted by Crippen LogP contribution is 2.64. The minimum absolute atomic E-state index is 0.0984. The Bertz CT molecular complexity index is 2150. The molecule has 348 valence electrons. The lowest BCUT2D eigenvalue weighted by molar-refractivity contribution is -0.347. The first kappa shape index (κ1) is 48.3. The number of carbonyl (C=O) groups excluding carboxylic acids is 6. The second-order valence-corrected chi connectivity index (χ2v) is 18.7. The molecule has 0 radical (unpaired) electrons. The molecule has 4 N–H and O–H groups in total. The maximum atomic E-state index is 15.7. The van der Waals surface area contributed by atoms with E-state index in [0.29, 0.717) is 11.1 Å². The van der Waals surface area contributed by atoms with E-state index < -0.39 is 125 Å². The van der Waals surface area contributed by atoms with Gasteiger partial charge in [0.25, 0.3) is 0 Å². The monoisotopic (exact) mass is 892 g/mol. The molecule has 2 aromatic rings. The van der Waals surface area contributed by atoms with Gasteiger partial charge in [0.05, 0.1) is 36.2 Å². The number of esters is 4. The summed E-state index contributed by atoms with van der Waals surface area (Å²) >= 11 is 0. The molecule has 17 nitrogen and oxygen atoms in total. The van der Waals surface area contributed by atoms with Crippen molar-refractivity contribution in [2.75, 3.05) is 27.4 Å². The predicted molar refractivity (Wildman–Crippen MR) is 226 cm³/mol. The van der Waals surface area contributed by atoms with E-state index in [2.05, 4.69) is 5.32 Å². The van der Waals surface area contributed by atoms with Gasteiger partial charge in [-0.15, -0.1) is 0 Å². The zero-order valence-electron chi connectivity index (χ0n) is 38.0. The Morgan fingerprint density at radius 3 is 2.11 bits per heavy atom. The van der Waals surface area contributed by atoms with E-state index >= 15 is 4.79 Å². The molecule has 6 rings (SSSR count). The van der Waals surface area contributed by atoms with E-state index in [1.165, 1.54) is 33.3 Å². The summed E-state index contributed by atoms with van der Waals surface area (Å²) in [7, 11) is 2.76. The number of fused-ring (bicyclic) bond motifs is 5. The summed E-state index contributed by atoms with van der Waals surface area (Å²) in [6.45, 7) is 11.9. The van der Waals surface area contributed by atoms with Gasteiger partial charge in [-0.1, -0.05) is 62.4 Å². The smallest absolute Gasteiger partial charge is 0.408 e. The van der Waals surface area contributed by atoms with Crippen LogP contribution in [0.1, 0.15) is 90.2 Å². The van der Waals surface area contributed by atoms with Gasteiger partial charge in [0.1, 0.15) is 41.7 Å². The molecule has 0 spiro atoms. The minimum Gasteiger partial charge on any atom is -0.455 e. The summed E-state index contributed by atoms with van der Waals surface area (Å²) in [6.07, 6.45) is -9.53. The van der Waals surface area contributed by atoms with Crippen molar-refractivity contribution < 1.29 is 71.8 Å². The molecule has 0 unspecified atom stereocenters. The van der Waals surface area contributed by atoms with Gasteiger partial charge < -0.3 is 54.1 Å². The first-order chi connectivity index (χ1) is 30.0. The molecule has 3 aliphatic carbocycles. The number of hydrogen-bond donors (Lipinski definition) is 3. The van der Waals surface area contributed by atoms with Crippen LogP contribution < -0.4 is 11.1 Å². The molecule has 2 aromatic carbocycles. The second-order valence-electron chi connectivity index (χ2n) is 18.7. The average molecular weight is 893 g/mol. The van der Waals surface area contributed by atoms with Crippen LogP contribution in [-0.2, 0) is 57.1 Å². The van der Waals surface area contributed by atoms with Gasteiger partial charge in [-0.25, -0.2) is 14.4 Å². The summed E-state index contributed by atoms with van der Waals surface area (Å²) in [5.74, 6) is -5.63. The molecule has 4 aliphatic rings. The Morgan fingerprint density at radius 1 is 0.953 bits per heavy atom. The normalized spacial score (nSPS) is 31.5. The molecule has 1 amide bonds. The minimum atomic E-state index is -2.28. The molecule has 1 heterocycles. The number of aliphatic hydroxyl groups is 1. The van der Waals surface area contributed by atoms with Crippen LogP contribution in [0, 0.1) is 16.7 Å². The molecule has 11 atom stereocenters. The lowest BCUT2D eigenvalue weighted by atomic mass is 9.44. The fourth-order valence-corrected chi connectivity index (χ4v) is 10.4. The number of methoxy groups -OCH3 is 2. The van der Waals surface area contributed by atoms with Crippen LogP contribution in [0.15, 0.2) is 71.8 Å². The maximum Gasteiger partial charge on any atom is 0.408 e. The maximum absolute atomic E-state index is 15.7. The van der Waals surface area contributed by atoms with Crippen molar-refractivity contribution in [2.45, 2.75) is 128 Å². The first-order valence-electron chi connectivity index (χ1n) is 21.3. The third-order valence-electron chi connectivity index (χ3n) is 13.4. The van der Waals surface area contributed by atoms with Gasteiger partial charge in [0.2, 0.25) is 6.10 Å². The molecule has 2 saturated carbocycles.